The van der Waals surface area contributed by atoms with Gasteiger partial charge in [0.2, 0.25) is 0 Å². The highest BCUT2D eigenvalue weighted by atomic mass is 32.2. The molecule has 0 radical (unpaired) electrons. The topological polar surface area (TPSA) is 66.9 Å². The number of hydrogen-bond acceptors (Lipinski definition) is 4. The Labute approximate surface area is 96.1 Å². The number of rotatable bonds is 3. The van der Waals surface area contributed by atoms with Gasteiger partial charge in [0.05, 0.1) is 19.0 Å². The molecule has 6 nitrogen and oxygen atoms in total. The van der Waals surface area contributed by atoms with Gasteiger partial charge >= 0.3 is 6.03 Å². The van der Waals surface area contributed by atoms with Crippen molar-refractivity contribution in [3.63, 3.8) is 0 Å². The van der Waals surface area contributed by atoms with Crippen LogP contribution < -0.4 is 0 Å². The van der Waals surface area contributed by atoms with Gasteiger partial charge in [-0.05, 0) is 0 Å². The van der Waals surface area contributed by atoms with Crippen molar-refractivity contribution in [3.05, 3.63) is 0 Å². The van der Waals surface area contributed by atoms with Crippen LogP contribution in [0.1, 0.15) is 0 Å². The molecule has 1 fully saturated rings. The molecular formula is C9H18N2O4S. The summed E-state index contributed by atoms with van der Waals surface area (Å²) in [5.74, 6) is -0.000417. The smallest absolute Gasteiger partial charge is 0.319 e. The summed E-state index contributed by atoms with van der Waals surface area (Å²) in [5, 5.41) is 0. The Balaban J connectivity index is 2.40. The fraction of sp³-hybridized carbons (Fsp3) is 0.889. The van der Waals surface area contributed by atoms with E-state index < -0.39 is 9.84 Å². The van der Waals surface area contributed by atoms with Crippen molar-refractivity contribution in [2.24, 2.45) is 0 Å². The zero-order chi connectivity index (χ0) is 12.2. The van der Waals surface area contributed by atoms with E-state index in [4.69, 9.17) is 4.74 Å². The number of carbonyl (C=O) groups excluding carboxylic acids is 1. The van der Waals surface area contributed by atoms with Crippen molar-refractivity contribution in [2.45, 2.75) is 0 Å². The van der Waals surface area contributed by atoms with E-state index in [1.807, 2.05) is 0 Å². The number of urea groups is 1. The summed E-state index contributed by atoms with van der Waals surface area (Å²) in [7, 11) is -1.41. The molecule has 1 saturated heterocycles. The standard InChI is InChI=1S/C9H18N2O4S/c1-10(5-8-16(2,13)14)9(12)11-3-6-15-7-4-11/h3-8H2,1-2H3. The molecule has 2 amide bonds. The number of sulfone groups is 1. The fourth-order valence-corrected chi connectivity index (χ4v) is 2.00. The van der Waals surface area contributed by atoms with Gasteiger partial charge in [-0.1, -0.05) is 0 Å². The highest BCUT2D eigenvalue weighted by Crippen LogP contribution is 2.01. The monoisotopic (exact) mass is 250 g/mol. The maximum Gasteiger partial charge on any atom is 0.319 e. The maximum atomic E-state index is 11.8. The third-order valence-corrected chi connectivity index (χ3v) is 3.33. The number of hydrogen-bond donors (Lipinski definition) is 0. The molecule has 0 aromatic rings. The Hall–Kier alpha value is -0.820. The molecule has 1 rings (SSSR count). The van der Waals surface area contributed by atoms with Crippen molar-refractivity contribution in [1.82, 2.24) is 9.80 Å². The number of nitrogens with zero attached hydrogens (tertiary/aromatic N) is 2. The average molecular weight is 250 g/mol. The minimum atomic E-state index is -3.02. The molecule has 0 bridgehead atoms. The predicted octanol–water partition coefficient (Wildman–Crippen LogP) is -0.585. The number of amides is 2. The second kappa shape index (κ2) is 5.49. The Morgan fingerprint density at radius 2 is 1.94 bits per heavy atom. The summed E-state index contributed by atoms with van der Waals surface area (Å²) in [5.41, 5.74) is 0. The molecule has 0 unspecified atom stereocenters. The van der Waals surface area contributed by atoms with Gasteiger partial charge in [-0.2, -0.15) is 0 Å². The van der Waals surface area contributed by atoms with Crippen LogP contribution in [0.2, 0.25) is 0 Å². The first-order valence-corrected chi connectivity index (χ1v) is 7.22. The van der Waals surface area contributed by atoms with Gasteiger partial charge in [0.25, 0.3) is 0 Å². The van der Waals surface area contributed by atoms with E-state index in [-0.39, 0.29) is 18.3 Å². The molecule has 0 aliphatic carbocycles. The van der Waals surface area contributed by atoms with Crippen molar-refractivity contribution in [3.8, 4) is 0 Å². The third kappa shape index (κ3) is 4.36. The molecule has 0 aromatic carbocycles. The molecule has 94 valence electrons. The minimum absolute atomic E-state index is 0.000417. The first-order valence-electron chi connectivity index (χ1n) is 5.15. The van der Waals surface area contributed by atoms with Gasteiger partial charge in [-0.25, -0.2) is 13.2 Å². The van der Waals surface area contributed by atoms with Crippen LogP contribution in [0.3, 0.4) is 0 Å². The molecule has 0 N–H and O–H groups in total. The zero-order valence-corrected chi connectivity index (χ0v) is 10.5. The zero-order valence-electron chi connectivity index (χ0n) is 9.68. The van der Waals surface area contributed by atoms with E-state index in [0.717, 1.165) is 0 Å². The molecule has 7 heteroatoms. The van der Waals surface area contributed by atoms with Crippen molar-refractivity contribution in [2.75, 3.05) is 51.9 Å². The molecule has 1 aliphatic heterocycles. The fourth-order valence-electron chi connectivity index (χ4n) is 1.39. The van der Waals surface area contributed by atoms with Crippen molar-refractivity contribution >= 4 is 15.9 Å². The molecule has 0 atom stereocenters. The molecule has 1 aliphatic rings. The molecule has 0 aromatic heterocycles. The van der Waals surface area contributed by atoms with Gasteiger partial charge in [-0.15, -0.1) is 0 Å². The van der Waals surface area contributed by atoms with E-state index >= 15 is 0 Å². The van der Waals surface area contributed by atoms with Crippen molar-refractivity contribution < 1.29 is 17.9 Å². The lowest BCUT2D eigenvalue weighted by molar-refractivity contribution is 0.0457. The van der Waals surface area contributed by atoms with Gasteiger partial charge in [-0.3, -0.25) is 0 Å². The lowest BCUT2D eigenvalue weighted by atomic mass is 10.4. The maximum absolute atomic E-state index is 11.8. The first-order chi connectivity index (χ1) is 7.40. The van der Waals surface area contributed by atoms with Gasteiger partial charge in [0.15, 0.2) is 0 Å². The average Bonchev–Trinajstić information content (AvgIpc) is 2.25. The SMILES string of the molecule is CN(CCS(C)(=O)=O)C(=O)N1CCOCC1. The van der Waals surface area contributed by atoms with Crippen LogP contribution in [0.25, 0.3) is 0 Å². The van der Waals surface area contributed by atoms with E-state index in [1.54, 1.807) is 11.9 Å². The van der Waals surface area contributed by atoms with Gasteiger partial charge in [0.1, 0.15) is 9.84 Å². The highest BCUT2D eigenvalue weighted by Gasteiger charge is 2.20. The summed E-state index contributed by atoms with van der Waals surface area (Å²) in [6.45, 7) is 2.47. The summed E-state index contributed by atoms with van der Waals surface area (Å²) in [4.78, 5) is 14.9. The predicted molar refractivity (Wildman–Crippen MR) is 60.1 cm³/mol. The lowest BCUT2D eigenvalue weighted by Crippen LogP contribution is -2.47. The van der Waals surface area contributed by atoms with Gasteiger partial charge < -0.3 is 14.5 Å². The van der Waals surface area contributed by atoms with Crippen LogP contribution in [0.15, 0.2) is 0 Å². The second-order valence-corrected chi connectivity index (χ2v) is 6.19. The van der Waals surface area contributed by atoms with Crippen molar-refractivity contribution in [1.29, 1.82) is 0 Å². The van der Waals surface area contributed by atoms with Crippen LogP contribution >= 0.6 is 0 Å². The second-order valence-electron chi connectivity index (χ2n) is 3.93. The summed E-state index contributed by atoms with van der Waals surface area (Å²) in [6, 6.07) is -0.132. The van der Waals surface area contributed by atoms with Crippen LogP contribution in [-0.4, -0.2) is 76.2 Å². The summed E-state index contributed by atoms with van der Waals surface area (Å²) in [6.07, 6.45) is 1.17. The lowest BCUT2D eigenvalue weighted by Gasteiger charge is -2.30. The largest absolute Gasteiger partial charge is 0.378 e. The third-order valence-electron chi connectivity index (χ3n) is 2.41. The van der Waals surface area contributed by atoms with Crippen LogP contribution in [0.4, 0.5) is 4.79 Å². The first kappa shape index (κ1) is 13.2. The van der Waals surface area contributed by atoms with E-state index in [2.05, 4.69) is 0 Å². The molecule has 0 saturated carbocycles. The van der Waals surface area contributed by atoms with Crippen LogP contribution in [0, 0.1) is 0 Å². The van der Waals surface area contributed by atoms with Crippen LogP contribution in [-0.2, 0) is 14.6 Å². The summed E-state index contributed by atoms with van der Waals surface area (Å²) >= 11 is 0. The Kier molecular flexibility index (Phi) is 4.55. The van der Waals surface area contributed by atoms with E-state index in [1.165, 1.54) is 11.2 Å². The number of carbonyl (C=O) groups is 1. The summed E-state index contributed by atoms with van der Waals surface area (Å²) < 4.78 is 27.1. The Morgan fingerprint density at radius 3 is 2.44 bits per heavy atom. The minimum Gasteiger partial charge on any atom is -0.378 e. The number of morpholine rings is 1. The van der Waals surface area contributed by atoms with E-state index in [0.29, 0.717) is 26.3 Å². The van der Waals surface area contributed by atoms with Crippen LogP contribution in [0.5, 0.6) is 0 Å². The molecule has 16 heavy (non-hydrogen) atoms. The van der Waals surface area contributed by atoms with E-state index in [9.17, 15) is 13.2 Å². The quantitative estimate of drug-likeness (QED) is 0.672. The highest BCUT2D eigenvalue weighted by molar-refractivity contribution is 7.90. The number of ether oxygens (including phenoxy) is 1. The Morgan fingerprint density at radius 1 is 1.38 bits per heavy atom. The Bertz CT molecular complexity index is 335. The molecule has 1 heterocycles. The molecular weight excluding hydrogens is 232 g/mol. The molecule has 0 spiro atoms. The van der Waals surface area contributed by atoms with Gasteiger partial charge in [0, 0.05) is 32.9 Å². The normalized spacial score (nSPS) is 17.2.